The number of H-pyrrole nitrogens is 1. The van der Waals surface area contributed by atoms with Crippen molar-refractivity contribution < 1.29 is 14.3 Å². The van der Waals surface area contributed by atoms with Gasteiger partial charge in [-0.25, -0.2) is 14.8 Å². The number of hydrogen-bond donors (Lipinski definition) is 4. The summed E-state index contributed by atoms with van der Waals surface area (Å²) in [6.45, 7) is 6.12. The summed E-state index contributed by atoms with van der Waals surface area (Å²) in [4.78, 5) is 35.3. The zero-order valence-electron chi connectivity index (χ0n) is 16.6. The van der Waals surface area contributed by atoms with Crippen LogP contribution in [-0.2, 0) is 4.74 Å². The molecule has 152 valence electrons. The Kier molecular flexibility index (Phi) is 5.67. The number of aromatic amines is 1. The smallest absolute Gasteiger partial charge is 0.407 e. The second-order valence-electron chi connectivity index (χ2n) is 7.44. The van der Waals surface area contributed by atoms with Gasteiger partial charge in [0.15, 0.2) is 5.69 Å². The SMILES string of the molecule is CC(C)(C)OC(=O)NCCNc1cnc(C(N)=O)c(-c2cc3ccccc3[nH]2)n1. The van der Waals surface area contributed by atoms with Gasteiger partial charge in [0.25, 0.3) is 5.91 Å². The zero-order chi connectivity index (χ0) is 21.0. The minimum absolute atomic E-state index is 0.0778. The Morgan fingerprint density at radius 3 is 2.66 bits per heavy atom. The summed E-state index contributed by atoms with van der Waals surface area (Å²) in [6.07, 6.45) is 0.938. The number of anilines is 1. The molecule has 0 saturated heterocycles. The molecule has 9 heteroatoms. The number of nitrogens with two attached hydrogens (primary N) is 1. The molecule has 0 aliphatic heterocycles. The number of alkyl carbamates (subject to hydrolysis) is 1. The number of hydrogen-bond acceptors (Lipinski definition) is 6. The van der Waals surface area contributed by atoms with Gasteiger partial charge in [0, 0.05) is 24.0 Å². The molecule has 29 heavy (non-hydrogen) atoms. The first kappa shape index (κ1) is 20.1. The van der Waals surface area contributed by atoms with Crippen molar-refractivity contribution in [1.82, 2.24) is 20.3 Å². The average molecular weight is 396 g/mol. The fraction of sp³-hybridized carbons (Fsp3) is 0.300. The topological polar surface area (TPSA) is 135 Å². The highest BCUT2D eigenvalue weighted by Crippen LogP contribution is 2.25. The van der Waals surface area contributed by atoms with Gasteiger partial charge in [-0.3, -0.25) is 4.79 Å². The highest BCUT2D eigenvalue weighted by atomic mass is 16.6. The van der Waals surface area contributed by atoms with Crippen LogP contribution >= 0.6 is 0 Å². The Bertz CT molecular complexity index is 1010. The van der Waals surface area contributed by atoms with Crippen LogP contribution in [0.5, 0.6) is 0 Å². The van der Waals surface area contributed by atoms with Crippen molar-refractivity contribution in [2.75, 3.05) is 18.4 Å². The van der Waals surface area contributed by atoms with Gasteiger partial charge in [-0.15, -0.1) is 0 Å². The third kappa shape index (κ3) is 5.22. The molecule has 0 saturated carbocycles. The van der Waals surface area contributed by atoms with Gasteiger partial charge in [0.1, 0.15) is 17.1 Å². The van der Waals surface area contributed by atoms with Crippen molar-refractivity contribution in [2.24, 2.45) is 5.73 Å². The molecule has 2 aromatic heterocycles. The van der Waals surface area contributed by atoms with E-state index in [1.165, 1.54) is 6.20 Å². The molecular formula is C20H24N6O3. The number of amides is 2. The lowest BCUT2D eigenvalue weighted by molar-refractivity contribution is 0.0530. The van der Waals surface area contributed by atoms with E-state index in [9.17, 15) is 9.59 Å². The van der Waals surface area contributed by atoms with Crippen LogP contribution in [-0.4, -0.2) is 45.6 Å². The molecule has 3 rings (SSSR count). The van der Waals surface area contributed by atoms with Crippen LogP contribution in [0, 0.1) is 0 Å². The summed E-state index contributed by atoms with van der Waals surface area (Å²) in [5.74, 6) is -0.209. The largest absolute Gasteiger partial charge is 0.444 e. The van der Waals surface area contributed by atoms with Gasteiger partial charge in [0.05, 0.1) is 11.9 Å². The summed E-state index contributed by atoms with van der Waals surface area (Å²) >= 11 is 0. The monoisotopic (exact) mass is 396 g/mol. The summed E-state index contributed by atoms with van der Waals surface area (Å²) in [6, 6.07) is 9.62. The molecule has 1 aromatic carbocycles. The van der Waals surface area contributed by atoms with Gasteiger partial charge in [0.2, 0.25) is 0 Å². The van der Waals surface area contributed by atoms with E-state index in [1.54, 1.807) is 20.8 Å². The van der Waals surface area contributed by atoms with E-state index in [2.05, 4.69) is 25.6 Å². The van der Waals surface area contributed by atoms with Crippen LogP contribution in [0.1, 0.15) is 31.3 Å². The Morgan fingerprint density at radius 2 is 1.97 bits per heavy atom. The Hall–Kier alpha value is -3.62. The molecule has 0 radical (unpaired) electrons. The number of ether oxygens (including phenoxy) is 1. The van der Waals surface area contributed by atoms with Gasteiger partial charge in [-0.1, -0.05) is 18.2 Å². The maximum atomic E-state index is 11.8. The van der Waals surface area contributed by atoms with Gasteiger partial charge in [-0.05, 0) is 32.9 Å². The number of carbonyl (C=O) groups excluding carboxylic acids is 2. The molecule has 0 fully saturated rings. The molecule has 3 aromatic rings. The average Bonchev–Trinajstić information content (AvgIpc) is 3.07. The minimum Gasteiger partial charge on any atom is -0.444 e. The molecule has 0 aliphatic rings. The van der Waals surface area contributed by atoms with Crippen molar-refractivity contribution in [3.05, 3.63) is 42.2 Å². The molecular weight excluding hydrogens is 372 g/mol. The second-order valence-corrected chi connectivity index (χ2v) is 7.44. The van der Waals surface area contributed by atoms with E-state index in [1.807, 2.05) is 30.3 Å². The van der Waals surface area contributed by atoms with Gasteiger partial charge in [-0.2, -0.15) is 0 Å². The standard InChI is InChI=1S/C20H24N6O3/c1-20(2,3)29-19(28)23-9-8-22-15-11-24-17(18(21)27)16(26-15)14-10-12-6-4-5-7-13(12)25-14/h4-7,10-11,25H,8-9H2,1-3H3,(H2,21,27)(H,22,26)(H,23,28). The Balaban J connectivity index is 1.72. The maximum Gasteiger partial charge on any atom is 0.407 e. The molecule has 0 unspecified atom stereocenters. The summed E-state index contributed by atoms with van der Waals surface area (Å²) < 4.78 is 5.18. The van der Waals surface area contributed by atoms with Crippen LogP contribution < -0.4 is 16.4 Å². The fourth-order valence-corrected chi connectivity index (χ4v) is 2.71. The Labute approximate surface area is 168 Å². The van der Waals surface area contributed by atoms with Crippen LogP contribution in [0.4, 0.5) is 10.6 Å². The molecule has 0 bridgehead atoms. The van der Waals surface area contributed by atoms with E-state index in [4.69, 9.17) is 10.5 Å². The predicted molar refractivity (Wildman–Crippen MR) is 111 cm³/mol. The van der Waals surface area contributed by atoms with Crippen LogP contribution in [0.3, 0.4) is 0 Å². The summed E-state index contributed by atoms with van der Waals surface area (Å²) in [5.41, 5.74) is 6.91. The first-order valence-corrected chi connectivity index (χ1v) is 9.18. The number of rotatable bonds is 6. The number of carbonyl (C=O) groups is 2. The zero-order valence-corrected chi connectivity index (χ0v) is 16.6. The molecule has 5 N–H and O–H groups in total. The van der Waals surface area contributed by atoms with Gasteiger partial charge >= 0.3 is 6.09 Å². The van der Waals surface area contributed by atoms with Crippen molar-refractivity contribution in [3.63, 3.8) is 0 Å². The van der Waals surface area contributed by atoms with E-state index in [0.717, 1.165) is 10.9 Å². The molecule has 2 heterocycles. The van der Waals surface area contributed by atoms with E-state index < -0.39 is 17.6 Å². The molecule has 0 atom stereocenters. The molecule has 0 spiro atoms. The molecule has 0 aliphatic carbocycles. The third-order valence-corrected chi connectivity index (χ3v) is 3.89. The van der Waals surface area contributed by atoms with E-state index in [-0.39, 0.29) is 5.69 Å². The lowest BCUT2D eigenvalue weighted by Gasteiger charge is -2.19. The van der Waals surface area contributed by atoms with Crippen molar-refractivity contribution in [2.45, 2.75) is 26.4 Å². The first-order valence-electron chi connectivity index (χ1n) is 9.18. The number of primary amides is 1. The second kappa shape index (κ2) is 8.17. The number of nitrogens with one attached hydrogen (secondary N) is 3. The number of para-hydroxylation sites is 1. The number of benzene rings is 1. The fourth-order valence-electron chi connectivity index (χ4n) is 2.71. The minimum atomic E-state index is -0.663. The highest BCUT2D eigenvalue weighted by Gasteiger charge is 2.17. The van der Waals surface area contributed by atoms with Crippen molar-refractivity contribution in [1.29, 1.82) is 0 Å². The number of nitrogens with zero attached hydrogens (tertiary/aromatic N) is 2. The number of aromatic nitrogens is 3. The normalized spacial score (nSPS) is 11.3. The van der Waals surface area contributed by atoms with Crippen LogP contribution in [0.25, 0.3) is 22.3 Å². The summed E-state index contributed by atoms with van der Waals surface area (Å²) in [7, 11) is 0. The van der Waals surface area contributed by atoms with Gasteiger partial charge < -0.3 is 26.1 Å². The Morgan fingerprint density at radius 1 is 1.21 bits per heavy atom. The van der Waals surface area contributed by atoms with Crippen LogP contribution in [0.2, 0.25) is 0 Å². The highest BCUT2D eigenvalue weighted by molar-refractivity contribution is 5.98. The summed E-state index contributed by atoms with van der Waals surface area (Å²) in [5, 5.41) is 6.70. The van der Waals surface area contributed by atoms with Crippen LogP contribution in [0.15, 0.2) is 36.5 Å². The lowest BCUT2D eigenvalue weighted by atomic mass is 10.2. The molecule has 9 nitrogen and oxygen atoms in total. The first-order chi connectivity index (χ1) is 13.7. The van der Waals surface area contributed by atoms with E-state index >= 15 is 0 Å². The number of fused-ring (bicyclic) bond motifs is 1. The molecule has 2 amide bonds. The van der Waals surface area contributed by atoms with Crippen molar-refractivity contribution in [3.8, 4) is 11.4 Å². The van der Waals surface area contributed by atoms with E-state index in [0.29, 0.717) is 30.3 Å². The quantitative estimate of drug-likeness (QED) is 0.473. The maximum absolute atomic E-state index is 11.8. The van der Waals surface area contributed by atoms with Crippen molar-refractivity contribution >= 4 is 28.7 Å². The lowest BCUT2D eigenvalue weighted by Crippen LogP contribution is -2.35. The third-order valence-electron chi connectivity index (χ3n) is 3.89. The predicted octanol–water partition coefficient (Wildman–Crippen LogP) is 2.66.